The summed E-state index contributed by atoms with van der Waals surface area (Å²) in [6, 6.07) is 3.89. The lowest BCUT2D eigenvalue weighted by Crippen LogP contribution is -2.29. The van der Waals surface area contributed by atoms with Crippen molar-refractivity contribution in [1.82, 2.24) is 0 Å². The van der Waals surface area contributed by atoms with Gasteiger partial charge >= 0.3 is 11.9 Å². The predicted octanol–water partition coefficient (Wildman–Crippen LogP) is 2.35. The maximum atomic E-state index is 11.8. The zero-order valence-electron chi connectivity index (χ0n) is 15.0. The molecule has 0 fully saturated rings. The number of carboxylic acids is 1. The van der Waals surface area contributed by atoms with Crippen LogP contribution >= 0.6 is 11.8 Å². The second-order valence-corrected chi connectivity index (χ2v) is 6.38. The summed E-state index contributed by atoms with van der Waals surface area (Å²) in [6.45, 7) is 8.20. The van der Waals surface area contributed by atoms with E-state index in [2.05, 4.69) is 30.1 Å². The highest BCUT2D eigenvalue weighted by atomic mass is 32.2. The van der Waals surface area contributed by atoms with Crippen molar-refractivity contribution >= 4 is 29.4 Å². The van der Waals surface area contributed by atoms with Crippen LogP contribution in [0.3, 0.4) is 0 Å². The first kappa shape index (κ1) is 22.3. The fourth-order valence-electron chi connectivity index (χ4n) is 2.03. The van der Waals surface area contributed by atoms with E-state index in [-0.39, 0.29) is 18.6 Å². The molecule has 1 aromatic carbocycles. The van der Waals surface area contributed by atoms with Crippen molar-refractivity contribution < 1.29 is 19.4 Å². The molecule has 0 bridgehead atoms. The minimum absolute atomic E-state index is 0.201. The van der Waals surface area contributed by atoms with E-state index in [9.17, 15) is 9.59 Å². The molecule has 0 aliphatic carbocycles. The van der Waals surface area contributed by atoms with Crippen molar-refractivity contribution in [1.29, 1.82) is 0 Å². The van der Waals surface area contributed by atoms with Crippen LogP contribution < -0.4 is 11.1 Å². The molecular weight excluding hydrogens is 328 g/mol. The lowest BCUT2D eigenvalue weighted by atomic mass is 10.0. The molecule has 0 heterocycles. The van der Waals surface area contributed by atoms with Gasteiger partial charge in [-0.05, 0) is 45.1 Å². The molecule has 1 atom stereocenters. The van der Waals surface area contributed by atoms with Crippen LogP contribution in [0.25, 0.3) is 0 Å². The van der Waals surface area contributed by atoms with Crippen molar-refractivity contribution in [3.05, 3.63) is 28.8 Å². The quantitative estimate of drug-likeness (QED) is 0.509. The molecule has 0 unspecified atom stereocenters. The number of carbonyl (C=O) groups is 2. The first-order valence-electron chi connectivity index (χ1n) is 7.64. The Balaban J connectivity index is 0.000000922. The third-order valence-electron chi connectivity index (χ3n) is 3.10. The van der Waals surface area contributed by atoms with E-state index in [0.717, 1.165) is 22.6 Å². The molecule has 0 amide bonds. The van der Waals surface area contributed by atoms with Crippen LogP contribution in [0.15, 0.2) is 12.1 Å². The van der Waals surface area contributed by atoms with Gasteiger partial charge in [0.15, 0.2) is 0 Å². The third kappa shape index (κ3) is 8.79. The molecular formula is C17H28N2O4S. The summed E-state index contributed by atoms with van der Waals surface area (Å²) < 4.78 is 5.20. The smallest absolute Gasteiger partial charge is 0.328 e. The lowest BCUT2D eigenvalue weighted by molar-refractivity contribution is -0.143. The maximum absolute atomic E-state index is 11.8. The number of anilines is 1. The standard InChI is InChI=1S/C15H23NO2S.C2H5NO2/c1-10-8-11(2)14(12(3)9-10)16-13(4)15(17)18-6-7-19-5;3-1-2(4)5/h8-9,13,16H,6-7H2,1-5H3;1,3H2,(H,4,5)/t13-;/m0./s1. The summed E-state index contributed by atoms with van der Waals surface area (Å²) in [5, 5.41) is 10.8. The van der Waals surface area contributed by atoms with Crippen LogP contribution in [0.2, 0.25) is 0 Å². The number of carbonyl (C=O) groups excluding carboxylic acids is 1. The number of aryl methyl sites for hydroxylation is 3. The number of carboxylic acid groups (broad SMARTS) is 1. The number of nitrogens with two attached hydrogens (primary N) is 1. The molecule has 1 rings (SSSR count). The van der Waals surface area contributed by atoms with E-state index in [4.69, 9.17) is 9.84 Å². The Bertz CT molecular complexity index is 526. The number of nitrogens with one attached hydrogen (secondary N) is 1. The largest absolute Gasteiger partial charge is 0.480 e. The molecule has 4 N–H and O–H groups in total. The molecule has 0 aliphatic heterocycles. The van der Waals surface area contributed by atoms with E-state index in [0.29, 0.717) is 6.61 Å². The normalized spacial score (nSPS) is 11.1. The zero-order chi connectivity index (χ0) is 18.7. The number of aliphatic carboxylic acids is 1. The molecule has 1 aromatic rings. The van der Waals surface area contributed by atoms with E-state index in [1.165, 1.54) is 5.56 Å². The summed E-state index contributed by atoms with van der Waals surface area (Å²) in [4.78, 5) is 21.1. The Morgan fingerprint density at radius 1 is 1.29 bits per heavy atom. The van der Waals surface area contributed by atoms with Gasteiger partial charge in [0, 0.05) is 11.4 Å². The molecule has 0 aliphatic rings. The second kappa shape index (κ2) is 11.8. The van der Waals surface area contributed by atoms with Crippen molar-refractivity contribution in [3.63, 3.8) is 0 Å². The molecule has 7 heteroatoms. The Hall–Kier alpha value is -1.73. The topological polar surface area (TPSA) is 102 Å². The van der Waals surface area contributed by atoms with Crippen molar-refractivity contribution in [2.24, 2.45) is 5.73 Å². The van der Waals surface area contributed by atoms with Crippen molar-refractivity contribution in [3.8, 4) is 0 Å². The summed E-state index contributed by atoms with van der Waals surface area (Å²) >= 11 is 1.67. The van der Waals surface area contributed by atoms with Crippen LogP contribution in [0.4, 0.5) is 5.69 Å². The molecule has 0 saturated heterocycles. The first-order chi connectivity index (χ1) is 11.2. The molecule has 24 heavy (non-hydrogen) atoms. The van der Waals surface area contributed by atoms with Gasteiger partial charge in [0.2, 0.25) is 0 Å². The number of ether oxygens (including phenoxy) is 1. The van der Waals surface area contributed by atoms with Gasteiger partial charge in [-0.1, -0.05) is 17.7 Å². The van der Waals surface area contributed by atoms with Crippen LogP contribution in [0, 0.1) is 20.8 Å². The van der Waals surface area contributed by atoms with Crippen LogP contribution in [-0.4, -0.2) is 48.2 Å². The lowest BCUT2D eigenvalue weighted by Gasteiger charge is -2.18. The van der Waals surface area contributed by atoms with Crippen molar-refractivity contribution in [2.75, 3.05) is 30.5 Å². The van der Waals surface area contributed by atoms with Gasteiger partial charge in [-0.25, -0.2) is 4.79 Å². The van der Waals surface area contributed by atoms with E-state index in [1.54, 1.807) is 11.8 Å². The van der Waals surface area contributed by atoms with Gasteiger partial charge in [-0.2, -0.15) is 11.8 Å². The highest BCUT2D eigenvalue weighted by Crippen LogP contribution is 2.22. The molecule has 6 nitrogen and oxygen atoms in total. The number of thioether (sulfide) groups is 1. The Morgan fingerprint density at radius 3 is 2.21 bits per heavy atom. The zero-order valence-corrected chi connectivity index (χ0v) is 15.8. The van der Waals surface area contributed by atoms with Gasteiger partial charge in [-0.15, -0.1) is 0 Å². The number of hydrogen-bond acceptors (Lipinski definition) is 6. The maximum Gasteiger partial charge on any atom is 0.328 e. The van der Waals surface area contributed by atoms with Gasteiger partial charge < -0.3 is 20.9 Å². The summed E-state index contributed by atoms with van der Waals surface area (Å²) in [5.74, 6) is -0.334. The molecule has 0 aromatic heterocycles. The molecule has 0 saturated carbocycles. The van der Waals surface area contributed by atoms with E-state index in [1.807, 2.05) is 27.0 Å². The van der Waals surface area contributed by atoms with Gasteiger partial charge in [0.1, 0.15) is 12.6 Å². The van der Waals surface area contributed by atoms with E-state index >= 15 is 0 Å². The number of esters is 1. The van der Waals surface area contributed by atoms with Gasteiger partial charge in [-0.3, -0.25) is 4.79 Å². The Labute approximate surface area is 148 Å². The number of benzene rings is 1. The minimum atomic E-state index is -0.968. The Kier molecular flexibility index (Phi) is 10.9. The highest BCUT2D eigenvalue weighted by molar-refractivity contribution is 7.98. The minimum Gasteiger partial charge on any atom is -0.480 e. The first-order valence-corrected chi connectivity index (χ1v) is 9.04. The van der Waals surface area contributed by atoms with Gasteiger partial charge in [0.25, 0.3) is 0 Å². The Morgan fingerprint density at radius 2 is 1.79 bits per heavy atom. The average Bonchev–Trinajstić information content (AvgIpc) is 2.51. The molecule has 0 radical (unpaired) electrons. The highest BCUT2D eigenvalue weighted by Gasteiger charge is 2.16. The number of rotatable bonds is 7. The fraction of sp³-hybridized carbons (Fsp3) is 0.529. The van der Waals surface area contributed by atoms with Crippen molar-refractivity contribution in [2.45, 2.75) is 33.7 Å². The fourth-order valence-corrected chi connectivity index (χ4v) is 2.28. The average molecular weight is 356 g/mol. The third-order valence-corrected chi connectivity index (χ3v) is 3.67. The predicted molar refractivity (Wildman–Crippen MR) is 99.8 cm³/mol. The monoisotopic (exact) mass is 356 g/mol. The summed E-state index contributed by atoms with van der Waals surface area (Å²) in [6.07, 6.45) is 1.99. The number of hydrogen-bond donors (Lipinski definition) is 3. The van der Waals surface area contributed by atoms with Crippen LogP contribution in [0.1, 0.15) is 23.6 Å². The van der Waals surface area contributed by atoms with Crippen LogP contribution in [-0.2, 0) is 14.3 Å². The second-order valence-electron chi connectivity index (χ2n) is 5.40. The van der Waals surface area contributed by atoms with Gasteiger partial charge in [0.05, 0.1) is 6.54 Å². The van der Waals surface area contributed by atoms with E-state index < -0.39 is 5.97 Å². The molecule has 136 valence electrons. The summed E-state index contributed by atoms with van der Waals surface area (Å²) in [7, 11) is 0. The summed E-state index contributed by atoms with van der Waals surface area (Å²) in [5.41, 5.74) is 9.14. The SMILES string of the molecule is CSCCOC(=O)[C@H](C)Nc1c(C)cc(C)cc1C.NCC(=O)O. The van der Waals surface area contributed by atoms with Crippen LogP contribution in [0.5, 0.6) is 0 Å². The molecule has 0 spiro atoms.